The predicted molar refractivity (Wildman–Crippen MR) is 99.7 cm³/mol. The van der Waals surface area contributed by atoms with Crippen LogP contribution < -0.4 is 29.1 Å². The Morgan fingerprint density at radius 3 is 2.48 bits per heavy atom. The van der Waals surface area contributed by atoms with E-state index in [1.54, 1.807) is 30.3 Å². The van der Waals surface area contributed by atoms with Crippen molar-refractivity contribution in [3.63, 3.8) is 0 Å². The summed E-state index contributed by atoms with van der Waals surface area (Å²) in [6.07, 6.45) is -1.25. The number of carboxylic acids is 1. The largest absolute Gasteiger partial charge is 1.00 e. The number of carbonyl (C=O) groups is 1. The summed E-state index contributed by atoms with van der Waals surface area (Å²) in [5, 5.41) is 21.7. The molecule has 2 aromatic rings. The molecule has 6 nitrogen and oxygen atoms in total. The number of carboxylic acid groups (broad SMARTS) is 1. The van der Waals surface area contributed by atoms with E-state index in [0.29, 0.717) is 5.56 Å². The van der Waals surface area contributed by atoms with Gasteiger partial charge in [-0.25, -0.2) is 4.79 Å². The Morgan fingerprint density at radius 2 is 1.85 bits per heavy atom. The Hall–Kier alpha value is -1.54. The zero-order valence-electron chi connectivity index (χ0n) is 15.8. The monoisotopic (exact) mass is 383 g/mol. The second-order valence-electron chi connectivity index (χ2n) is 6.50. The van der Waals surface area contributed by atoms with Crippen LogP contribution in [-0.2, 0) is 10.7 Å². The maximum Gasteiger partial charge on any atom is 1.00 e. The van der Waals surface area contributed by atoms with Gasteiger partial charge in [0, 0.05) is 31.4 Å². The zero-order chi connectivity index (χ0) is 19.3. The van der Waals surface area contributed by atoms with Gasteiger partial charge in [0.1, 0.15) is 0 Å². The van der Waals surface area contributed by atoms with Gasteiger partial charge in [0.05, 0.1) is 11.7 Å². The van der Waals surface area contributed by atoms with Crippen LogP contribution in [0.25, 0.3) is 0 Å². The molecular formula is C19H23LiNO5P. The van der Waals surface area contributed by atoms with Crippen LogP contribution in [0.15, 0.2) is 48.5 Å². The molecule has 0 amide bonds. The fourth-order valence-corrected chi connectivity index (χ4v) is 4.47. The minimum Gasteiger partial charge on any atom is -0.799 e. The van der Waals surface area contributed by atoms with Crippen LogP contribution >= 0.6 is 7.37 Å². The SMILES string of the molecule is CC(Nc1cccc(CP(=O)([O-])C[C@H](C)O)c1)c1cccc(C(=O)O)c1.[Li+]. The molecule has 0 aliphatic rings. The fraction of sp³-hybridized carbons (Fsp3) is 0.316. The number of aliphatic hydroxyl groups is 1. The molecule has 2 rings (SSSR count). The van der Waals surface area contributed by atoms with E-state index in [1.807, 2.05) is 19.1 Å². The summed E-state index contributed by atoms with van der Waals surface area (Å²) in [6, 6.07) is 13.6. The van der Waals surface area contributed by atoms with Crippen LogP contribution in [0.5, 0.6) is 0 Å². The minimum absolute atomic E-state index is 0. The fourth-order valence-electron chi connectivity index (χ4n) is 2.78. The van der Waals surface area contributed by atoms with Crippen molar-refractivity contribution in [3.05, 3.63) is 65.2 Å². The van der Waals surface area contributed by atoms with Gasteiger partial charge in [-0.1, -0.05) is 24.3 Å². The van der Waals surface area contributed by atoms with Crippen LogP contribution in [0, 0.1) is 0 Å². The van der Waals surface area contributed by atoms with Crippen LogP contribution in [0.4, 0.5) is 5.69 Å². The van der Waals surface area contributed by atoms with E-state index < -0.39 is 19.4 Å². The first-order valence-electron chi connectivity index (χ1n) is 8.32. The van der Waals surface area contributed by atoms with E-state index in [9.17, 15) is 19.4 Å². The van der Waals surface area contributed by atoms with E-state index in [-0.39, 0.29) is 42.8 Å². The van der Waals surface area contributed by atoms with Crippen LogP contribution in [0.3, 0.4) is 0 Å². The number of aliphatic hydroxyl groups excluding tert-OH is 1. The summed E-state index contributed by atoms with van der Waals surface area (Å²) >= 11 is 0. The second-order valence-corrected chi connectivity index (χ2v) is 8.81. The van der Waals surface area contributed by atoms with Crippen molar-refractivity contribution in [2.45, 2.75) is 32.2 Å². The Balaban J connectivity index is 0.00000364. The van der Waals surface area contributed by atoms with Crippen molar-refractivity contribution in [2.24, 2.45) is 0 Å². The summed E-state index contributed by atoms with van der Waals surface area (Å²) in [4.78, 5) is 23.2. The maximum atomic E-state index is 12.1. The van der Waals surface area contributed by atoms with Gasteiger partial charge in [-0.3, -0.25) is 0 Å². The van der Waals surface area contributed by atoms with E-state index >= 15 is 0 Å². The molecule has 8 heteroatoms. The Kier molecular flexibility index (Phi) is 8.81. The zero-order valence-corrected chi connectivity index (χ0v) is 16.6. The van der Waals surface area contributed by atoms with Gasteiger partial charge in [-0.05, 0) is 49.2 Å². The van der Waals surface area contributed by atoms with E-state index in [0.717, 1.165) is 11.3 Å². The first-order valence-corrected chi connectivity index (χ1v) is 10.3. The molecule has 2 unspecified atom stereocenters. The molecule has 0 heterocycles. The number of hydrogen-bond acceptors (Lipinski definition) is 5. The maximum absolute atomic E-state index is 12.1. The molecule has 0 spiro atoms. The van der Waals surface area contributed by atoms with E-state index in [1.165, 1.54) is 13.0 Å². The summed E-state index contributed by atoms with van der Waals surface area (Å²) in [7, 11) is -3.69. The van der Waals surface area contributed by atoms with Crippen molar-refractivity contribution in [1.82, 2.24) is 0 Å². The second kappa shape index (κ2) is 10.1. The molecule has 27 heavy (non-hydrogen) atoms. The van der Waals surface area contributed by atoms with Crippen LogP contribution in [-0.4, -0.2) is 28.4 Å². The summed E-state index contributed by atoms with van der Waals surface area (Å²) in [5.41, 5.74) is 2.42. The Morgan fingerprint density at radius 1 is 1.19 bits per heavy atom. The molecule has 0 fully saturated rings. The van der Waals surface area contributed by atoms with Gasteiger partial charge >= 0.3 is 24.8 Å². The number of anilines is 1. The average Bonchev–Trinajstić information content (AvgIpc) is 2.53. The number of nitrogens with one attached hydrogen (secondary N) is 1. The van der Waals surface area contributed by atoms with Crippen molar-refractivity contribution in [3.8, 4) is 0 Å². The topological polar surface area (TPSA) is 110 Å². The quantitative estimate of drug-likeness (QED) is 0.440. The third-order valence-electron chi connectivity index (χ3n) is 3.91. The Bertz CT molecular complexity index is 827. The summed E-state index contributed by atoms with van der Waals surface area (Å²) in [6.45, 7) is 3.36. The third-order valence-corrected chi connectivity index (χ3v) is 5.84. The predicted octanol–water partition coefficient (Wildman–Crippen LogP) is 0.0811. The van der Waals surface area contributed by atoms with Gasteiger partial charge in [-0.15, -0.1) is 0 Å². The first kappa shape index (κ1) is 23.5. The normalized spacial score (nSPS) is 15.1. The molecule has 0 aromatic heterocycles. The van der Waals surface area contributed by atoms with Gasteiger partial charge in [0.25, 0.3) is 0 Å². The molecule has 0 aliphatic carbocycles. The molecule has 0 saturated carbocycles. The van der Waals surface area contributed by atoms with Crippen molar-refractivity contribution < 1.29 is 43.3 Å². The summed E-state index contributed by atoms with van der Waals surface area (Å²) in [5.74, 6) is -0.981. The number of hydrogen-bond donors (Lipinski definition) is 3. The van der Waals surface area contributed by atoms with Crippen molar-refractivity contribution in [1.29, 1.82) is 0 Å². The van der Waals surface area contributed by atoms with Gasteiger partial charge in [0.2, 0.25) is 0 Å². The number of benzene rings is 2. The van der Waals surface area contributed by atoms with Gasteiger partial charge < -0.3 is 25.0 Å². The first-order chi connectivity index (χ1) is 12.2. The standard InChI is InChI=1S/C19H24NO5P.Li/c1-13(21)11-26(24,25)12-15-5-3-8-18(9-15)20-14(2)16-6-4-7-17(10-16)19(22)23;/h3-10,13-14,20-21H,11-12H2,1-2H3,(H,22,23)(H,24,25);/q;+1/p-1/t13-,14?;/m0./s1. The minimum atomic E-state index is -3.69. The van der Waals surface area contributed by atoms with Gasteiger partial charge in [-0.2, -0.15) is 0 Å². The van der Waals surface area contributed by atoms with Crippen molar-refractivity contribution in [2.75, 3.05) is 11.5 Å². The molecule has 3 atom stereocenters. The van der Waals surface area contributed by atoms with Crippen molar-refractivity contribution >= 4 is 19.0 Å². The molecule has 140 valence electrons. The van der Waals surface area contributed by atoms with Crippen LogP contribution in [0.1, 0.15) is 41.4 Å². The average molecular weight is 383 g/mol. The van der Waals surface area contributed by atoms with E-state index in [2.05, 4.69) is 5.32 Å². The molecule has 0 radical (unpaired) electrons. The van der Waals surface area contributed by atoms with Crippen LogP contribution in [0.2, 0.25) is 0 Å². The molecular weight excluding hydrogens is 360 g/mol. The smallest absolute Gasteiger partial charge is 0.799 e. The summed E-state index contributed by atoms with van der Waals surface area (Å²) < 4.78 is 12.1. The number of aromatic carboxylic acids is 1. The molecule has 2 aromatic carbocycles. The molecule has 0 bridgehead atoms. The number of rotatable bonds is 8. The van der Waals surface area contributed by atoms with E-state index in [4.69, 9.17) is 5.11 Å². The molecule has 0 saturated heterocycles. The third kappa shape index (κ3) is 7.54. The Labute approximate surface area is 171 Å². The molecule has 0 aliphatic heterocycles. The van der Waals surface area contributed by atoms with Gasteiger partial charge in [0.15, 0.2) is 0 Å². The molecule has 3 N–H and O–H groups in total.